The van der Waals surface area contributed by atoms with Crippen LogP contribution in [0.4, 0.5) is 11.4 Å². The van der Waals surface area contributed by atoms with Crippen LogP contribution in [0.25, 0.3) is 0 Å². The summed E-state index contributed by atoms with van der Waals surface area (Å²) in [5.41, 5.74) is 4.61. The number of ether oxygens (including phenoxy) is 1. The molecule has 0 heterocycles. The van der Waals surface area contributed by atoms with Gasteiger partial charge in [0.1, 0.15) is 12.4 Å². The van der Waals surface area contributed by atoms with Crippen LogP contribution in [0.2, 0.25) is 0 Å². The topological polar surface area (TPSA) is 102 Å². The summed E-state index contributed by atoms with van der Waals surface area (Å²) in [6.45, 7) is 8.69. The molecule has 178 valence electrons. The second kappa shape index (κ2) is 11.0. The van der Waals surface area contributed by atoms with Gasteiger partial charge in [-0.1, -0.05) is 36.9 Å². The van der Waals surface area contributed by atoms with Gasteiger partial charge >= 0.3 is 0 Å². The first-order valence-corrected chi connectivity index (χ1v) is 12.3. The molecule has 0 bridgehead atoms. The van der Waals surface area contributed by atoms with Gasteiger partial charge < -0.3 is 15.0 Å². The number of anilines is 2. The van der Waals surface area contributed by atoms with Gasteiger partial charge in [-0.25, -0.2) is 13.6 Å². The number of benzene rings is 3. The van der Waals surface area contributed by atoms with Crippen molar-refractivity contribution in [2.75, 3.05) is 23.4 Å². The maximum Gasteiger partial charge on any atom is 0.243 e. The van der Waals surface area contributed by atoms with Crippen molar-refractivity contribution in [3.63, 3.8) is 0 Å². The number of nitrogens with two attached hydrogens (primary N) is 1. The van der Waals surface area contributed by atoms with Gasteiger partial charge in [0.25, 0.3) is 0 Å². The van der Waals surface area contributed by atoms with Crippen LogP contribution in [0, 0.1) is 13.8 Å². The lowest BCUT2D eigenvalue weighted by molar-refractivity contribution is -0.115. The first-order chi connectivity index (χ1) is 16.2. The van der Waals surface area contributed by atoms with Gasteiger partial charge in [-0.15, -0.1) is 0 Å². The molecule has 1 amide bonds. The molecule has 0 spiro atoms. The van der Waals surface area contributed by atoms with Gasteiger partial charge in [-0.2, -0.15) is 0 Å². The van der Waals surface area contributed by atoms with Crippen molar-refractivity contribution in [1.82, 2.24) is 0 Å². The summed E-state index contributed by atoms with van der Waals surface area (Å²) in [5, 5.41) is 7.96. The molecule has 0 fully saturated rings. The Kier molecular flexibility index (Phi) is 8.09. The molecule has 0 atom stereocenters. The van der Waals surface area contributed by atoms with Crippen molar-refractivity contribution in [2.24, 2.45) is 5.14 Å². The lowest BCUT2D eigenvalue weighted by Crippen LogP contribution is -2.33. The van der Waals surface area contributed by atoms with Crippen molar-refractivity contribution in [3.05, 3.63) is 96.1 Å². The Morgan fingerprint density at radius 2 is 1.76 bits per heavy atom. The Labute approximate surface area is 200 Å². The number of carbonyl (C=O) groups excluding carboxylic acids is 1. The zero-order valence-electron chi connectivity index (χ0n) is 19.3. The molecule has 3 aromatic carbocycles. The molecule has 8 heteroatoms. The van der Waals surface area contributed by atoms with Crippen molar-refractivity contribution < 1.29 is 17.9 Å². The van der Waals surface area contributed by atoms with E-state index in [0.717, 1.165) is 28.1 Å². The maximum absolute atomic E-state index is 12.9. The van der Waals surface area contributed by atoms with E-state index >= 15 is 0 Å². The number of hydrogen-bond acceptors (Lipinski definition) is 5. The summed E-state index contributed by atoms with van der Waals surface area (Å²) in [7, 11) is -3.80. The largest absolute Gasteiger partial charge is 0.489 e. The first kappa shape index (κ1) is 25.0. The highest BCUT2D eigenvalue weighted by atomic mass is 32.2. The van der Waals surface area contributed by atoms with E-state index in [1.54, 1.807) is 6.08 Å². The van der Waals surface area contributed by atoms with Crippen LogP contribution in [0.15, 0.2) is 84.3 Å². The van der Waals surface area contributed by atoms with E-state index in [1.807, 2.05) is 55.1 Å². The van der Waals surface area contributed by atoms with Crippen LogP contribution in [0.5, 0.6) is 5.75 Å². The van der Waals surface area contributed by atoms with E-state index in [9.17, 15) is 13.2 Å². The molecule has 3 rings (SSSR count). The number of rotatable bonds is 10. The number of hydrogen-bond donors (Lipinski definition) is 2. The second-order valence-electron chi connectivity index (χ2n) is 7.95. The number of sulfonamides is 1. The minimum atomic E-state index is -3.80. The average molecular weight is 480 g/mol. The quantitative estimate of drug-likeness (QED) is 0.425. The molecular formula is C26H29N3O4S. The fourth-order valence-electron chi connectivity index (χ4n) is 3.39. The molecule has 0 aliphatic heterocycles. The zero-order chi connectivity index (χ0) is 24.7. The Morgan fingerprint density at radius 1 is 1.06 bits per heavy atom. The van der Waals surface area contributed by atoms with Gasteiger partial charge in [0.15, 0.2) is 0 Å². The summed E-state index contributed by atoms with van der Waals surface area (Å²) in [5.74, 6) is 0.487. The highest BCUT2D eigenvalue weighted by Gasteiger charge is 2.16. The molecule has 34 heavy (non-hydrogen) atoms. The molecule has 0 saturated carbocycles. The van der Waals surface area contributed by atoms with Gasteiger partial charge in [0.05, 0.1) is 11.4 Å². The van der Waals surface area contributed by atoms with E-state index in [-0.39, 0.29) is 17.3 Å². The highest BCUT2D eigenvalue weighted by molar-refractivity contribution is 7.89. The van der Waals surface area contributed by atoms with Crippen LogP contribution in [0.3, 0.4) is 0 Å². The zero-order valence-corrected chi connectivity index (χ0v) is 20.1. The fraction of sp³-hybridized carbons (Fsp3) is 0.192. The summed E-state index contributed by atoms with van der Waals surface area (Å²) in [6, 6.07) is 19.5. The molecular weight excluding hydrogens is 450 g/mol. The molecule has 0 unspecified atom stereocenters. The smallest absolute Gasteiger partial charge is 0.243 e. The summed E-state index contributed by atoms with van der Waals surface area (Å²) >= 11 is 0. The minimum absolute atomic E-state index is 0.0154. The van der Waals surface area contributed by atoms with Crippen LogP contribution in [0.1, 0.15) is 16.7 Å². The maximum atomic E-state index is 12.9. The number of aryl methyl sites for hydroxylation is 2. The number of para-hydroxylation sites is 1. The van der Waals surface area contributed by atoms with Gasteiger partial charge in [0, 0.05) is 23.5 Å². The predicted octanol–water partition coefficient (Wildman–Crippen LogP) is 4.16. The van der Waals surface area contributed by atoms with E-state index in [4.69, 9.17) is 9.88 Å². The first-order valence-electron chi connectivity index (χ1n) is 10.7. The van der Waals surface area contributed by atoms with E-state index in [1.165, 1.54) is 24.3 Å². The number of nitrogens with zero attached hydrogens (tertiary/aromatic N) is 1. The van der Waals surface area contributed by atoms with E-state index in [2.05, 4.69) is 18.0 Å². The van der Waals surface area contributed by atoms with Crippen molar-refractivity contribution in [1.29, 1.82) is 0 Å². The molecule has 0 aliphatic rings. The Balaban J connectivity index is 1.83. The SMILES string of the molecule is C=CCOc1ccccc1CN(CC(=O)Nc1ccc(S(N)(=O)=O)cc1)c1ccc(C)c(C)c1. The molecule has 0 aromatic heterocycles. The second-order valence-corrected chi connectivity index (χ2v) is 9.51. The monoisotopic (exact) mass is 479 g/mol. The lowest BCUT2D eigenvalue weighted by atomic mass is 10.1. The van der Waals surface area contributed by atoms with Crippen molar-refractivity contribution >= 4 is 27.3 Å². The summed E-state index contributed by atoms with van der Waals surface area (Å²) in [6.07, 6.45) is 1.69. The van der Waals surface area contributed by atoms with Crippen LogP contribution < -0.4 is 20.1 Å². The summed E-state index contributed by atoms with van der Waals surface area (Å²) in [4.78, 5) is 14.9. The van der Waals surface area contributed by atoms with E-state index < -0.39 is 10.0 Å². The number of primary sulfonamides is 1. The normalized spacial score (nSPS) is 11.0. The van der Waals surface area contributed by atoms with Crippen molar-refractivity contribution in [3.8, 4) is 5.75 Å². The molecule has 7 nitrogen and oxygen atoms in total. The molecule has 0 saturated heterocycles. The number of carbonyl (C=O) groups is 1. The van der Waals surface area contributed by atoms with Crippen LogP contribution >= 0.6 is 0 Å². The van der Waals surface area contributed by atoms with Crippen LogP contribution in [-0.2, 0) is 21.4 Å². The minimum Gasteiger partial charge on any atom is -0.489 e. The van der Waals surface area contributed by atoms with Gasteiger partial charge in [-0.05, 0) is 67.4 Å². The Morgan fingerprint density at radius 3 is 2.41 bits per heavy atom. The van der Waals surface area contributed by atoms with Gasteiger partial charge in [-0.3, -0.25) is 4.79 Å². The standard InChI is InChI=1S/C26H29N3O4S/c1-4-15-33-25-8-6-5-7-21(25)17-29(23-12-9-19(2)20(3)16-23)18-26(30)28-22-10-13-24(14-11-22)34(27,31)32/h4-14,16H,1,15,17-18H2,2-3H3,(H,28,30)(H2,27,31,32). The van der Waals surface area contributed by atoms with Crippen molar-refractivity contribution in [2.45, 2.75) is 25.3 Å². The van der Waals surface area contributed by atoms with Crippen LogP contribution in [-0.4, -0.2) is 27.5 Å². The summed E-state index contributed by atoms with van der Waals surface area (Å²) < 4.78 is 28.7. The predicted molar refractivity (Wildman–Crippen MR) is 136 cm³/mol. The molecule has 3 N–H and O–H groups in total. The van der Waals surface area contributed by atoms with E-state index in [0.29, 0.717) is 18.8 Å². The molecule has 0 radical (unpaired) electrons. The fourth-order valence-corrected chi connectivity index (χ4v) is 3.91. The third-order valence-electron chi connectivity index (χ3n) is 5.35. The molecule has 0 aliphatic carbocycles. The third-order valence-corrected chi connectivity index (χ3v) is 6.28. The lowest BCUT2D eigenvalue weighted by Gasteiger charge is -2.26. The Bertz CT molecular complexity index is 1270. The number of nitrogens with one attached hydrogen (secondary N) is 1. The number of amides is 1. The highest BCUT2D eigenvalue weighted by Crippen LogP contribution is 2.25. The third kappa shape index (κ3) is 6.69. The molecule has 3 aromatic rings. The Hall–Kier alpha value is -3.62. The van der Waals surface area contributed by atoms with Gasteiger partial charge in [0.2, 0.25) is 15.9 Å². The average Bonchev–Trinajstić information content (AvgIpc) is 2.79.